The molecule has 1 aliphatic heterocycles. The summed E-state index contributed by atoms with van der Waals surface area (Å²) in [6.07, 6.45) is 3.32. The van der Waals surface area contributed by atoms with Crippen molar-refractivity contribution in [3.05, 3.63) is 23.3 Å². The van der Waals surface area contributed by atoms with Crippen LogP contribution in [-0.4, -0.2) is 28.6 Å². The minimum Gasteiger partial charge on any atom is -0.454 e. The van der Waals surface area contributed by atoms with Crippen molar-refractivity contribution in [2.75, 3.05) is 0 Å². The summed E-state index contributed by atoms with van der Waals surface area (Å²) in [5.41, 5.74) is 0.210. The van der Waals surface area contributed by atoms with E-state index in [-0.39, 0.29) is 23.6 Å². The normalized spacial score (nSPS) is 47.1. The van der Waals surface area contributed by atoms with Crippen LogP contribution in [0.15, 0.2) is 23.3 Å². The van der Waals surface area contributed by atoms with Gasteiger partial charge >= 0.3 is 5.97 Å². The predicted octanol–water partition coefficient (Wildman–Crippen LogP) is 1.78. The number of aliphatic hydroxyl groups is 1. The topological polar surface area (TPSA) is 63.6 Å². The first-order valence-electron chi connectivity index (χ1n) is 7.07. The number of carbonyl (C=O) groups excluding carboxylic acids is 2. The summed E-state index contributed by atoms with van der Waals surface area (Å²) in [5.74, 6) is -0.958. The molecule has 0 aromatic carbocycles. The van der Waals surface area contributed by atoms with Gasteiger partial charge in [0, 0.05) is 16.9 Å². The van der Waals surface area contributed by atoms with Crippen LogP contribution in [0.3, 0.4) is 0 Å². The van der Waals surface area contributed by atoms with Gasteiger partial charge in [-0.2, -0.15) is 0 Å². The molecule has 2 aliphatic carbocycles. The average Bonchev–Trinajstić information content (AvgIpc) is 2.55. The number of aliphatic hydroxyl groups excluding tert-OH is 1. The Hall–Kier alpha value is -1.42. The molecule has 0 radical (unpaired) electrons. The second-order valence-corrected chi connectivity index (χ2v) is 6.73. The molecular weight excluding hydrogens is 256 g/mol. The Kier molecular flexibility index (Phi) is 2.59. The summed E-state index contributed by atoms with van der Waals surface area (Å²) >= 11 is 0. The van der Waals surface area contributed by atoms with Crippen molar-refractivity contribution in [2.24, 2.45) is 17.3 Å². The number of ketones is 1. The van der Waals surface area contributed by atoms with Crippen LogP contribution in [0.5, 0.6) is 0 Å². The minimum atomic E-state index is -0.882. The van der Waals surface area contributed by atoms with E-state index in [0.29, 0.717) is 12.0 Å². The number of ether oxygens (including phenoxy) is 1. The minimum absolute atomic E-state index is 0.0376. The molecule has 0 unspecified atom stereocenters. The van der Waals surface area contributed by atoms with Gasteiger partial charge in [-0.1, -0.05) is 19.9 Å². The number of fused-ring (bicyclic) bond motifs is 3. The lowest BCUT2D eigenvalue weighted by Gasteiger charge is -2.50. The molecule has 0 aromatic rings. The van der Waals surface area contributed by atoms with Crippen LogP contribution in [0.25, 0.3) is 0 Å². The van der Waals surface area contributed by atoms with Crippen LogP contribution >= 0.6 is 0 Å². The first kappa shape index (κ1) is 13.6. The van der Waals surface area contributed by atoms with E-state index in [4.69, 9.17) is 4.74 Å². The summed E-state index contributed by atoms with van der Waals surface area (Å²) < 4.78 is 5.65. The molecule has 1 N–H and O–H groups in total. The van der Waals surface area contributed by atoms with Gasteiger partial charge < -0.3 is 9.84 Å². The number of hydrogen-bond acceptors (Lipinski definition) is 4. The number of allylic oxidation sites excluding steroid dienone is 3. The molecule has 2 fully saturated rings. The van der Waals surface area contributed by atoms with E-state index in [9.17, 15) is 14.7 Å². The monoisotopic (exact) mass is 276 g/mol. The largest absolute Gasteiger partial charge is 0.454 e. The first-order chi connectivity index (χ1) is 9.20. The summed E-state index contributed by atoms with van der Waals surface area (Å²) in [4.78, 5) is 24.0. The van der Waals surface area contributed by atoms with E-state index in [1.807, 2.05) is 19.9 Å². The van der Waals surface area contributed by atoms with Gasteiger partial charge in [-0.15, -0.1) is 0 Å². The first-order valence-corrected chi connectivity index (χ1v) is 7.07. The van der Waals surface area contributed by atoms with E-state index in [2.05, 4.69) is 0 Å². The van der Waals surface area contributed by atoms with E-state index >= 15 is 0 Å². The Bertz CT molecular complexity index is 573. The van der Waals surface area contributed by atoms with E-state index in [1.165, 1.54) is 0 Å². The molecule has 3 rings (SSSR count). The highest BCUT2D eigenvalue weighted by molar-refractivity contribution is 6.06. The summed E-state index contributed by atoms with van der Waals surface area (Å²) in [6.45, 7) is 7.41. The highest BCUT2D eigenvalue weighted by Crippen LogP contribution is 2.58. The number of carbonyl (C=O) groups is 2. The molecule has 1 heterocycles. The Morgan fingerprint density at radius 3 is 2.65 bits per heavy atom. The van der Waals surface area contributed by atoms with Gasteiger partial charge in [-0.3, -0.25) is 9.59 Å². The molecule has 0 bridgehead atoms. The molecule has 4 heteroatoms. The molecule has 0 spiro atoms. The summed E-state index contributed by atoms with van der Waals surface area (Å²) in [5, 5.41) is 10.5. The molecule has 5 atom stereocenters. The number of esters is 1. The van der Waals surface area contributed by atoms with Crippen LogP contribution in [0.4, 0.5) is 0 Å². The van der Waals surface area contributed by atoms with Crippen LogP contribution in [0.1, 0.15) is 34.1 Å². The lowest BCUT2D eigenvalue weighted by Crippen LogP contribution is -2.54. The van der Waals surface area contributed by atoms with Crippen molar-refractivity contribution in [1.29, 1.82) is 0 Å². The fraction of sp³-hybridized carbons (Fsp3) is 0.625. The molecule has 1 saturated heterocycles. The van der Waals surface area contributed by atoms with Gasteiger partial charge in [0.2, 0.25) is 0 Å². The third-order valence-corrected chi connectivity index (χ3v) is 5.32. The SMILES string of the molecule is CC1=C2[C@](C)(C=CC1=O)C[C@H](O)[C@H]1[C@H](C)C(=O)O[C@]21C. The van der Waals surface area contributed by atoms with Crippen LogP contribution < -0.4 is 0 Å². The summed E-state index contributed by atoms with van der Waals surface area (Å²) in [6, 6.07) is 0. The van der Waals surface area contributed by atoms with Gasteiger partial charge in [0.15, 0.2) is 5.78 Å². The standard InChI is InChI=1S/C16H20O4/c1-8-10(17)5-6-15(3)7-11(18)12-9(2)14(19)20-16(12,4)13(8)15/h5-6,9,11-12,18H,7H2,1-4H3/t9-,11-,12+,15+,16-/m0/s1. The number of rotatable bonds is 0. The summed E-state index contributed by atoms with van der Waals surface area (Å²) in [7, 11) is 0. The third kappa shape index (κ3) is 1.46. The van der Waals surface area contributed by atoms with Crippen molar-refractivity contribution in [3.8, 4) is 0 Å². The van der Waals surface area contributed by atoms with Crippen LogP contribution in [0.2, 0.25) is 0 Å². The van der Waals surface area contributed by atoms with E-state index in [0.717, 1.165) is 5.57 Å². The zero-order valence-corrected chi connectivity index (χ0v) is 12.3. The zero-order chi connectivity index (χ0) is 14.9. The van der Waals surface area contributed by atoms with Gasteiger partial charge in [-0.05, 0) is 31.9 Å². The maximum absolute atomic E-state index is 12.0. The van der Waals surface area contributed by atoms with Crippen LogP contribution in [0, 0.1) is 17.3 Å². The third-order valence-electron chi connectivity index (χ3n) is 5.32. The van der Waals surface area contributed by atoms with Crippen molar-refractivity contribution >= 4 is 11.8 Å². The smallest absolute Gasteiger partial charge is 0.310 e. The molecule has 0 aromatic heterocycles. The molecule has 108 valence electrons. The Balaban J connectivity index is 2.23. The second-order valence-electron chi connectivity index (χ2n) is 6.73. The van der Waals surface area contributed by atoms with Gasteiger partial charge in [0.05, 0.1) is 12.0 Å². The number of hydrogen-bond donors (Lipinski definition) is 1. The Labute approximate surface area is 118 Å². The predicted molar refractivity (Wildman–Crippen MR) is 72.7 cm³/mol. The Morgan fingerprint density at radius 1 is 1.35 bits per heavy atom. The van der Waals surface area contributed by atoms with Crippen molar-refractivity contribution in [3.63, 3.8) is 0 Å². The maximum Gasteiger partial charge on any atom is 0.310 e. The van der Waals surface area contributed by atoms with Crippen molar-refractivity contribution < 1.29 is 19.4 Å². The second kappa shape index (κ2) is 3.82. The molecule has 20 heavy (non-hydrogen) atoms. The fourth-order valence-corrected chi connectivity index (χ4v) is 4.60. The highest BCUT2D eigenvalue weighted by Gasteiger charge is 2.63. The van der Waals surface area contributed by atoms with Crippen molar-refractivity contribution in [1.82, 2.24) is 0 Å². The Morgan fingerprint density at radius 2 is 2.00 bits per heavy atom. The highest BCUT2D eigenvalue weighted by atomic mass is 16.6. The maximum atomic E-state index is 12.0. The average molecular weight is 276 g/mol. The van der Waals surface area contributed by atoms with Gasteiger partial charge in [0.25, 0.3) is 0 Å². The zero-order valence-electron chi connectivity index (χ0n) is 12.3. The van der Waals surface area contributed by atoms with E-state index < -0.39 is 17.1 Å². The van der Waals surface area contributed by atoms with Crippen LogP contribution in [-0.2, 0) is 14.3 Å². The molecule has 4 nitrogen and oxygen atoms in total. The molecule has 3 aliphatic rings. The quantitative estimate of drug-likeness (QED) is 0.685. The van der Waals surface area contributed by atoms with Gasteiger partial charge in [-0.25, -0.2) is 0 Å². The lowest BCUT2D eigenvalue weighted by molar-refractivity contribution is -0.149. The lowest BCUT2D eigenvalue weighted by atomic mass is 9.55. The van der Waals surface area contributed by atoms with Crippen molar-refractivity contribution in [2.45, 2.75) is 45.8 Å². The molecule has 1 saturated carbocycles. The van der Waals surface area contributed by atoms with E-state index in [1.54, 1.807) is 19.9 Å². The van der Waals surface area contributed by atoms with Gasteiger partial charge in [0.1, 0.15) is 5.60 Å². The fourth-order valence-electron chi connectivity index (χ4n) is 4.60. The molecular formula is C16H20O4. The molecule has 0 amide bonds.